The van der Waals surface area contributed by atoms with Gasteiger partial charge in [0.05, 0.1) is 21.5 Å². The van der Waals surface area contributed by atoms with E-state index in [-0.39, 0.29) is 11.8 Å². The van der Waals surface area contributed by atoms with Crippen LogP contribution in [0.1, 0.15) is 33.0 Å². The second kappa shape index (κ2) is 7.77. The average molecular weight is 393 g/mol. The van der Waals surface area contributed by atoms with Crippen molar-refractivity contribution in [2.45, 2.75) is 13.3 Å². The number of carbonyl (C=O) groups excluding carboxylic acids is 2. The number of hydrogen-bond acceptors (Lipinski definition) is 5. The molecule has 0 fully saturated rings. The Hall–Kier alpha value is -3.26. The van der Waals surface area contributed by atoms with Crippen molar-refractivity contribution in [3.05, 3.63) is 65.7 Å². The molecule has 4 rings (SSSR count). The van der Waals surface area contributed by atoms with Crippen LogP contribution in [-0.4, -0.2) is 39.3 Å². The summed E-state index contributed by atoms with van der Waals surface area (Å²) in [7, 11) is 0. The van der Waals surface area contributed by atoms with Crippen LogP contribution in [0.3, 0.4) is 0 Å². The number of aromatic nitrogens is 3. The molecule has 0 aliphatic carbocycles. The van der Waals surface area contributed by atoms with E-state index < -0.39 is 0 Å². The largest absolute Gasteiger partial charge is 0.352 e. The Labute approximate surface area is 165 Å². The standard InChI is InChI=1S/C20H19N5O2S/c1-13-17(25-15-7-2-3-8-16(15)28-20(25)24-13)19(27)23-11-5-10-22-18(26)14-6-4-9-21-12-14/h2-4,6-9,12H,5,10-11H2,1H3,(H,22,26)(H,23,27). The van der Waals surface area contributed by atoms with Gasteiger partial charge in [0.15, 0.2) is 4.96 Å². The minimum Gasteiger partial charge on any atom is -0.352 e. The van der Waals surface area contributed by atoms with Crippen molar-refractivity contribution in [3.8, 4) is 0 Å². The van der Waals surface area contributed by atoms with Crippen LogP contribution in [0.15, 0.2) is 48.8 Å². The highest BCUT2D eigenvalue weighted by Crippen LogP contribution is 2.28. The lowest BCUT2D eigenvalue weighted by Gasteiger charge is -2.07. The number of benzene rings is 1. The van der Waals surface area contributed by atoms with Crippen molar-refractivity contribution in [3.63, 3.8) is 0 Å². The highest BCUT2D eigenvalue weighted by Gasteiger charge is 2.19. The molecule has 0 saturated carbocycles. The monoisotopic (exact) mass is 393 g/mol. The molecular weight excluding hydrogens is 374 g/mol. The highest BCUT2D eigenvalue weighted by molar-refractivity contribution is 7.23. The van der Waals surface area contributed by atoms with Gasteiger partial charge in [-0.25, -0.2) is 4.98 Å². The summed E-state index contributed by atoms with van der Waals surface area (Å²) in [5.41, 5.74) is 2.77. The molecule has 0 radical (unpaired) electrons. The second-order valence-electron chi connectivity index (χ2n) is 6.34. The number of imidazole rings is 1. The van der Waals surface area contributed by atoms with E-state index in [1.54, 1.807) is 29.7 Å². The molecule has 28 heavy (non-hydrogen) atoms. The Kier molecular flexibility index (Phi) is 5.03. The van der Waals surface area contributed by atoms with Crippen LogP contribution in [-0.2, 0) is 0 Å². The van der Waals surface area contributed by atoms with Crippen LogP contribution < -0.4 is 10.6 Å². The van der Waals surface area contributed by atoms with Gasteiger partial charge in [-0.05, 0) is 37.6 Å². The molecule has 0 bridgehead atoms. The fourth-order valence-corrected chi connectivity index (χ4v) is 4.13. The maximum Gasteiger partial charge on any atom is 0.270 e. The van der Waals surface area contributed by atoms with Gasteiger partial charge < -0.3 is 10.6 Å². The number of rotatable bonds is 6. The molecule has 0 saturated heterocycles. The molecule has 3 heterocycles. The number of nitrogens with one attached hydrogen (secondary N) is 2. The minimum absolute atomic E-state index is 0.160. The molecule has 0 spiro atoms. The summed E-state index contributed by atoms with van der Waals surface area (Å²) in [6.07, 6.45) is 3.78. The Balaban J connectivity index is 1.37. The number of thiazole rings is 1. The molecule has 4 aromatic rings. The van der Waals surface area contributed by atoms with Crippen LogP contribution in [0.25, 0.3) is 15.2 Å². The number of hydrogen-bond donors (Lipinski definition) is 2. The SMILES string of the molecule is Cc1nc2sc3ccccc3n2c1C(=O)NCCCNC(=O)c1cccnc1. The zero-order chi connectivity index (χ0) is 19.5. The fourth-order valence-electron chi connectivity index (χ4n) is 3.06. The minimum atomic E-state index is -0.169. The summed E-state index contributed by atoms with van der Waals surface area (Å²) in [5.74, 6) is -0.329. The van der Waals surface area contributed by atoms with Gasteiger partial charge in [0.2, 0.25) is 0 Å². The molecule has 7 nitrogen and oxygen atoms in total. The molecule has 142 valence electrons. The Morgan fingerprint density at radius 3 is 2.64 bits per heavy atom. The lowest BCUT2D eigenvalue weighted by atomic mass is 10.2. The third-order valence-corrected chi connectivity index (χ3v) is 5.41. The van der Waals surface area contributed by atoms with Crippen LogP contribution in [0.5, 0.6) is 0 Å². The molecule has 1 aromatic carbocycles. The fraction of sp³-hybridized carbons (Fsp3) is 0.200. The van der Waals surface area contributed by atoms with E-state index >= 15 is 0 Å². The third kappa shape index (κ3) is 3.46. The van der Waals surface area contributed by atoms with E-state index in [1.807, 2.05) is 35.6 Å². The maximum absolute atomic E-state index is 12.7. The van der Waals surface area contributed by atoms with E-state index in [2.05, 4.69) is 20.6 Å². The first-order chi connectivity index (χ1) is 13.6. The van der Waals surface area contributed by atoms with E-state index in [4.69, 9.17) is 0 Å². The second-order valence-corrected chi connectivity index (χ2v) is 7.35. The lowest BCUT2D eigenvalue weighted by molar-refractivity contribution is 0.0947. The molecule has 0 aliphatic heterocycles. The van der Waals surface area contributed by atoms with Gasteiger partial charge >= 0.3 is 0 Å². The zero-order valence-corrected chi connectivity index (χ0v) is 16.1. The summed E-state index contributed by atoms with van der Waals surface area (Å²) in [6.45, 7) is 2.77. The van der Waals surface area contributed by atoms with Crippen LogP contribution in [0.4, 0.5) is 0 Å². The van der Waals surface area contributed by atoms with Crippen molar-refractivity contribution in [1.82, 2.24) is 25.0 Å². The predicted octanol–water partition coefficient (Wildman–Crippen LogP) is 2.80. The van der Waals surface area contributed by atoms with Crippen LogP contribution >= 0.6 is 11.3 Å². The van der Waals surface area contributed by atoms with Crippen molar-refractivity contribution in [2.24, 2.45) is 0 Å². The molecule has 2 N–H and O–H groups in total. The van der Waals surface area contributed by atoms with Crippen molar-refractivity contribution in [1.29, 1.82) is 0 Å². The van der Waals surface area contributed by atoms with Gasteiger partial charge in [0, 0.05) is 25.5 Å². The Morgan fingerprint density at radius 2 is 1.86 bits per heavy atom. The summed E-state index contributed by atoms with van der Waals surface area (Å²) in [6, 6.07) is 11.4. The van der Waals surface area contributed by atoms with Gasteiger partial charge in [0.25, 0.3) is 11.8 Å². The highest BCUT2D eigenvalue weighted by atomic mass is 32.1. The van der Waals surface area contributed by atoms with Gasteiger partial charge in [-0.15, -0.1) is 0 Å². The number of amides is 2. The summed E-state index contributed by atoms with van der Waals surface area (Å²) < 4.78 is 3.01. The van der Waals surface area contributed by atoms with Crippen molar-refractivity contribution >= 4 is 38.3 Å². The van der Waals surface area contributed by atoms with E-state index in [0.29, 0.717) is 36.5 Å². The first-order valence-electron chi connectivity index (χ1n) is 8.98. The maximum atomic E-state index is 12.7. The number of fused-ring (bicyclic) bond motifs is 3. The number of carbonyl (C=O) groups is 2. The third-order valence-electron chi connectivity index (χ3n) is 4.39. The molecule has 0 aliphatic rings. The van der Waals surface area contributed by atoms with E-state index in [1.165, 1.54) is 6.20 Å². The van der Waals surface area contributed by atoms with Gasteiger partial charge in [-0.3, -0.25) is 19.0 Å². The van der Waals surface area contributed by atoms with Crippen LogP contribution in [0, 0.1) is 6.92 Å². The zero-order valence-electron chi connectivity index (χ0n) is 15.3. The van der Waals surface area contributed by atoms with Crippen molar-refractivity contribution < 1.29 is 9.59 Å². The molecule has 8 heteroatoms. The number of pyridine rings is 1. The van der Waals surface area contributed by atoms with Gasteiger partial charge in [-0.1, -0.05) is 23.5 Å². The predicted molar refractivity (Wildman–Crippen MR) is 109 cm³/mol. The molecule has 3 aromatic heterocycles. The molecule has 0 atom stereocenters. The normalized spacial score (nSPS) is 11.0. The number of para-hydroxylation sites is 1. The van der Waals surface area contributed by atoms with E-state index in [0.717, 1.165) is 15.2 Å². The Bertz CT molecular complexity index is 1150. The summed E-state index contributed by atoms with van der Waals surface area (Å²) >= 11 is 1.57. The summed E-state index contributed by atoms with van der Waals surface area (Å²) in [4.78, 5) is 34.0. The summed E-state index contributed by atoms with van der Waals surface area (Å²) in [5, 5.41) is 5.75. The van der Waals surface area contributed by atoms with Crippen molar-refractivity contribution in [2.75, 3.05) is 13.1 Å². The molecule has 0 unspecified atom stereocenters. The molecular formula is C20H19N5O2S. The first kappa shape index (κ1) is 18.1. The van der Waals surface area contributed by atoms with Gasteiger partial charge in [0.1, 0.15) is 5.69 Å². The smallest absolute Gasteiger partial charge is 0.270 e. The van der Waals surface area contributed by atoms with Gasteiger partial charge in [-0.2, -0.15) is 0 Å². The lowest BCUT2D eigenvalue weighted by Crippen LogP contribution is -2.30. The Morgan fingerprint density at radius 1 is 1.07 bits per heavy atom. The topological polar surface area (TPSA) is 88.4 Å². The number of nitrogens with zero attached hydrogens (tertiary/aromatic N) is 3. The van der Waals surface area contributed by atoms with Crippen LogP contribution in [0.2, 0.25) is 0 Å². The quantitative estimate of drug-likeness (QED) is 0.493. The average Bonchev–Trinajstić information content (AvgIpc) is 3.22. The first-order valence-corrected chi connectivity index (χ1v) is 9.80. The number of aryl methyl sites for hydroxylation is 1. The molecule has 2 amide bonds. The van der Waals surface area contributed by atoms with E-state index in [9.17, 15) is 9.59 Å².